The SMILES string of the molecule is Cc1ccc(N(C)c2ccc(/C(N)=N/O)c(C)c2)cc1. The maximum Gasteiger partial charge on any atom is 0.170 e. The number of nitrogens with two attached hydrogens (primary N) is 1. The molecule has 2 aromatic carbocycles. The van der Waals surface area contributed by atoms with Crippen LogP contribution in [0.25, 0.3) is 0 Å². The third-order valence-electron chi connectivity index (χ3n) is 3.40. The lowest BCUT2D eigenvalue weighted by Gasteiger charge is -2.21. The highest BCUT2D eigenvalue weighted by Gasteiger charge is 2.08. The molecule has 104 valence electrons. The molecule has 0 fully saturated rings. The maximum atomic E-state index is 8.75. The van der Waals surface area contributed by atoms with Gasteiger partial charge in [-0.25, -0.2) is 0 Å². The average Bonchev–Trinajstić information content (AvgIpc) is 2.46. The number of aryl methyl sites for hydroxylation is 2. The van der Waals surface area contributed by atoms with Gasteiger partial charge in [0.05, 0.1) is 0 Å². The predicted molar refractivity (Wildman–Crippen MR) is 82.9 cm³/mol. The normalized spacial score (nSPS) is 11.4. The van der Waals surface area contributed by atoms with Crippen molar-refractivity contribution in [1.82, 2.24) is 0 Å². The first-order valence-corrected chi connectivity index (χ1v) is 6.42. The lowest BCUT2D eigenvalue weighted by atomic mass is 10.1. The van der Waals surface area contributed by atoms with E-state index < -0.39 is 0 Å². The minimum absolute atomic E-state index is 0.132. The Labute approximate surface area is 119 Å². The Bertz CT molecular complexity index is 633. The molecular formula is C16H19N3O. The molecule has 0 aliphatic carbocycles. The summed E-state index contributed by atoms with van der Waals surface area (Å²) in [7, 11) is 2.02. The zero-order valence-electron chi connectivity index (χ0n) is 12.0. The second-order valence-corrected chi connectivity index (χ2v) is 4.88. The van der Waals surface area contributed by atoms with Crippen LogP contribution < -0.4 is 10.6 Å². The third kappa shape index (κ3) is 2.74. The van der Waals surface area contributed by atoms with Crippen molar-refractivity contribution < 1.29 is 5.21 Å². The Hall–Kier alpha value is -2.49. The van der Waals surface area contributed by atoms with E-state index in [2.05, 4.69) is 41.2 Å². The molecule has 0 amide bonds. The summed E-state index contributed by atoms with van der Waals surface area (Å²) >= 11 is 0. The second-order valence-electron chi connectivity index (χ2n) is 4.88. The number of oxime groups is 1. The van der Waals surface area contributed by atoms with Gasteiger partial charge < -0.3 is 15.8 Å². The van der Waals surface area contributed by atoms with E-state index in [0.717, 1.165) is 22.5 Å². The van der Waals surface area contributed by atoms with Crippen LogP contribution in [0.2, 0.25) is 0 Å². The van der Waals surface area contributed by atoms with Gasteiger partial charge in [-0.05, 0) is 49.7 Å². The highest BCUT2D eigenvalue weighted by molar-refractivity contribution is 5.98. The Morgan fingerprint density at radius 2 is 1.65 bits per heavy atom. The standard InChI is InChI=1S/C16H19N3O/c1-11-4-6-13(7-5-11)19(3)14-8-9-15(12(2)10-14)16(17)18-20/h4-10,20H,1-3H3,(H2,17,18). The molecule has 0 spiro atoms. The van der Waals surface area contributed by atoms with Crippen molar-refractivity contribution in [3.8, 4) is 0 Å². The fraction of sp³-hybridized carbons (Fsp3) is 0.188. The van der Waals surface area contributed by atoms with Gasteiger partial charge in [0, 0.05) is 24.0 Å². The smallest absolute Gasteiger partial charge is 0.170 e. The first kappa shape index (κ1) is 13.9. The molecule has 2 rings (SSSR count). The lowest BCUT2D eigenvalue weighted by molar-refractivity contribution is 0.318. The van der Waals surface area contributed by atoms with E-state index >= 15 is 0 Å². The van der Waals surface area contributed by atoms with Crippen LogP contribution in [0.1, 0.15) is 16.7 Å². The molecule has 0 radical (unpaired) electrons. The molecule has 20 heavy (non-hydrogen) atoms. The van der Waals surface area contributed by atoms with Crippen molar-refractivity contribution >= 4 is 17.2 Å². The maximum absolute atomic E-state index is 8.75. The van der Waals surface area contributed by atoms with E-state index in [1.807, 2.05) is 32.2 Å². The topological polar surface area (TPSA) is 61.8 Å². The van der Waals surface area contributed by atoms with Crippen molar-refractivity contribution in [2.75, 3.05) is 11.9 Å². The van der Waals surface area contributed by atoms with Gasteiger partial charge in [-0.15, -0.1) is 0 Å². The molecule has 4 nitrogen and oxygen atoms in total. The van der Waals surface area contributed by atoms with E-state index in [1.54, 1.807) is 0 Å². The second kappa shape index (κ2) is 5.65. The van der Waals surface area contributed by atoms with Crippen LogP contribution in [-0.2, 0) is 0 Å². The molecule has 0 heterocycles. The minimum Gasteiger partial charge on any atom is -0.409 e. The Kier molecular flexibility index (Phi) is 3.94. The number of anilines is 2. The van der Waals surface area contributed by atoms with E-state index in [4.69, 9.17) is 10.9 Å². The number of rotatable bonds is 3. The Morgan fingerprint density at radius 3 is 2.20 bits per heavy atom. The summed E-state index contributed by atoms with van der Waals surface area (Å²) in [5.41, 5.74) is 10.8. The minimum atomic E-state index is 0.132. The van der Waals surface area contributed by atoms with Crippen LogP contribution in [0.3, 0.4) is 0 Å². The fourth-order valence-corrected chi connectivity index (χ4v) is 2.12. The average molecular weight is 269 g/mol. The number of hydrogen-bond donors (Lipinski definition) is 2. The van der Waals surface area contributed by atoms with Gasteiger partial charge in [0.2, 0.25) is 0 Å². The largest absolute Gasteiger partial charge is 0.409 e. The zero-order chi connectivity index (χ0) is 14.7. The first-order chi connectivity index (χ1) is 9.52. The molecule has 3 N–H and O–H groups in total. The molecule has 2 aromatic rings. The summed E-state index contributed by atoms with van der Waals surface area (Å²) in [4.78, 5) is 2.10. The van der Waals surface area contributed by atoms with Crippen LogP contribution >= 0.6 is 0 Å². The molecule has 0 unspecified atom stereocenters. The Balaban J connectivity index is 2.34. The molecule has 0 bridgehead atoms. The highest BCUT2D eigenvalue weighted by Crippen LogP contribution is 2.25. The molecule has 0 aliphatic heterocycles. The van der Waals surface area contributed by atoms with Gasteiger partial charge in [-0.1, -0.05) is 22.9 Å². The van der Waals surface area contributed by atoms with Gasteiger partial charge in [-0.2, -0.15) is 0 Å². The molecule has 0 saturated carbocycles. The number of nitrogens with zero attached hydrogens (tertiary/aromatic N) is 2. The highest BCUT2D eigenvalue weighted by atomic mass is 16.4. The van der Waals surface area contributed by atoms with Gasteiger partial charge in [0.25, 0.3) is 0 Å². The summed E-state index contributed by atoms with van der Waals surface area (Å²) < 4.78 is 0. The van der Waals surface area contributed by atoms with E-state index in [-0.39, 0.29) is 5.84 Å². The van der Waals surface area contributed by atoms with Gasteiger partial charge in [0.1, 0.15) is 0 Å². The van der Waals surface area contributed by atoms with Crippen LogP contribution in [0, 0.1) is 13.8 Å². The van der Waals surface area contributed by atoms with E-state index in [9.17, 15) is 0 Å². The molecule has 0 aliphatic rings. The number of benzene rings is 2. The summed E-state index contributed by atoms with van der Waals surface area (Å²) in [6.07, 6.45) is 0. The third-order valence-corrected chi connectivity index (χ3v) is 3.40. The van der Waals surface area contributed by atoms with Crippen molar-refractivity contribution in [1.29, 1.82) is 0 Å². The summed E-state index contributed by atoms with van der Waals surface area (Å²) in [6.45, 7) is 4.01. The van der Waals surface area contributed by atoms with Gasteiger partial charge in [0.15, 0.2) is 5.84 Å². The molecule has 0 saturated heterocycles. The van der Waals surface area contributed by atoms with Crippen LogP contribution in [0.4, 0.5) is 11.4 Å². The zero-order valence-corrected chi connectivity index (χ0v) is 12.0. The Morgan fingerprint density at radius 1 is 1.05 bits per heavy atom. The summed E-state index contributed by atoms with van der Waals surface area (Å²) in [6, 6.07) is 14.2. The number of hydrogen-bond acceptors (Lipinski definition) is 3. The lowest BCUT2D eigenvalue weighted by Crippen LogP contribution is -2.16. The van der Waals surface area contributed by atoms with Gasteiger partial charge >= 0.3 is 0 Å². The van der Waals surface area contributed by atoms with Crippen LogP contribution in [-0.4, -0.2) is 18.1 Å². The molecule has 4 heteroatoms. The van der Waals surface area contributed by atoms with Crippen molar-refractivity contribution in [3.63, 3.8) is 0 Å². The quantitative estimate of drug-likeness (QED) is 0.389. The monoisotopic (exact) mass is 269 g/mol. The van der Waals surface area contributed by atoms with Crippen LogP contribution in [0.15, 0.2) is 47.6 Å². The summed E-state index contributed by atoms with van der Waals surface area (Å²) in [5.74, 6) is 0.132. The van der Waals surface area contributed by atoms with Crippen molar-refractivity contribution in [2.45, 2.75) is 13.8 Å². The fourth-order valence-electron chi connectivity index (χ4n) is 2.12. The van der Waals surface area contributed by atoms with E-state index in [1.165, 1.54) is 5.56 Å². The summed E-state index contributed by atoms with van der Waals surface area (Å²) in [5, 5.41) is 11.8. The van der Waals surface area contributed by atoms with Crippen molar-refractivity contribution in [3.05, 3.63) is 59.2 Å². The molecular weight excluding hydrogens is 250 g/mol. The molecule has 0 aromatic heterocycles. The van der Waals surface area contributed by atoms with Crippen LogP contribution in [0.5, 0.6) is 0 Å². The first-order valence-electron chi connectivity index (χ1n) is 6.42. The molecule has 0 atom stereocenters. The predicted octanol–water partition coefficient (Wildman–Crippen LogP) is 3.17. The van der Waals surface area contributed by atoms with Crippen molar-refractivity contribution in [2.24, 2.45) is 10.9 Å². The van der Waals surface area contributed by atoms with Gasteiger partial charge in [-0.3, -0.25) is 0 Å². The van der Waals surface area contributed by atoms with E-state index in [0.29, 0.717) is 0 Å². The number of amidine groups is 1.